The molecule has 0 amide bonds. The molecule has 4 nitrogen and oxygen atoms in total. The van der Waals surface area contributed by atoms with Gasteiger partial charge in [-0.1, -0.05) is 0 Å². The van der Waals surface area contributed by atoms with E-state index >= 15 is 0 Å². The van der Waals surface area contributed by atoms with Gasteiger partial charge in [0.05, 0.1) is 6.42 Å². The van der Waals surface area contributed by atoms with E-state index in [2.05, 4.69) is 10.2 Å². The number of carboxylic acid groups (broad SMARTS) is 1. The van der Waals surface area contributed by atoms with E-state index in [4.69, 9.17) is 5.11 Å². The van der Waals surface area contributed by atoms with E-state index in [0.717, 1.165) is 26.1 Å². The number of aliphatic carboxylic acids is 1. The van der Waals surface area contributed by atoms with E-state index in [9.17, 15) is 4.79 Å². The molecule has 0 saturated carbocycles. The van der Waals surface area contributed by atoms with Gasteiger partial charge in [-0.05, 0) is 20.0 Å². The fourth-order valence-corrected chi connectivity index (χ4v) is 1.51. The molecule has 1 aliphatic heterocycles. The molecule has 2 N–H and O–H groups in total. The summed E-state index contributed by atoms with van der Waals surface area (Å²) in [7, 11) is 1.99. The number of likely N-dealkylation sites (N-methyl/N-ethyl adjacent to an activating group) is 1. The fraction of sp³-hybridized carbons (Fsp3) is 0.875. The fourth-order valence-electron chi connectivity index (χ4n) is 1.51. The SMILES string of the molecule is CN1CCNCCC1CC(=O)O. The van der Waals surface area contributed by atoms with Crippen LogP contribution >= 0.6 is 0 Å². The van der Waals surface area contributed by atoms with Gasteiger partial charge in [-0.15, -0.1) is 0 Å². The molecule has 0 bridgehead atoms. The maximum atomic E-state index is 10.5. The number of rotatable bonds is 2. The molecule has 1 aliphatic rings. The molecule has 1 atom stereocenters. The first-order chi connectivity index (χ1) is 5.70. The van der Waals surface area contributed by atoms with Crippen molar-refractivity contribution in [1.82, 2.24) is 10.2 Å². The van der Waals surface area contributed by atoms with Gasteiger partial charge < -0.3 is 15.3 Å². The molecule has 1 unspecified atom stereocenters. The van der Waals surface area contributed by atoms with Gasteiger partial charge in [0.1, 0.15) is 0 Å². The average Bonchev–Trinajstić information content (AvgIpc) is 2.16. The Morgan fingerprint density at radius 3 is 3.08 bits per heavy atom. The van der Waals surface area contributed by atoms with Gasteiger partial charge in [-0.3, -0.25) is 4.79 Å². The predicted octanol–water partition coefficient (Wildman–Crippen LogP) is -0.245. The summed E-state index contributed by atoms with van der Waals surface area (Å²) in [6, 6.07) is 0.206. The number of nitrogens with one attached hydrogen (secondary N) is 1. The van der Waals surface area contributed by atoms with Crippen LogP contribution in [-0.4, -0.2) is 48.7 Å². The molecule has 1 heterocycles. The third-order valence-electron chi connectivity index (χ3n) is 2.33. The molecule has 0 radical (unpaired) electrons. The monoisotopic (exact) mass is 172 g/mol. The molecule has 0 aromatic carbocycles. The standard InChI is InChI=1S/C8H16N2O2/c1-10-5-4-9-3-2-7(10)6-8(11)12/h7,9H,2-6H2,1H3,(H,11,12). The Hall–Kier alpha value is -0.610. The van der Waals surface area contributed by atoms with Crippen molar-refractivity contribution < 1.29 is 9.90 Å². The van der Waals surface area contributed by atoms with Gasteiger partial charge in [-0.25, -0.2) is 0 Å². The van der Waals surface area contributed by atoms with Crippen molar-refractivity contribution in [2.45, 2.75) is 18.9 Å². The number of nitrogens with zero attached hydrogens (tertiary/aromatic N) is 1. The van der Waals surface area contributed by atoms with E-state index < -0.39 is 5.97 Å². The molecule has 12 heavy (non-hydrogen) atoms. The molecule has 0 aliphatic carbocycles. The second-order valence-electron chi connectivity index (χ2n) is 3.27. The molecule has 4 heteroatoms. The van der Waals surface area contributed by atoms with E-state index in [1.54, 1.807) is 0 Å². The average molecular weight is 172 g/mol. The Morgan fingerprint density at radius 1 is 1.67 bits per heavy atom. The lowest BCUT2D eigenvalue weighted by atomic mass is 10.1. The summed E-state index contributed by atoms with van der Waals surface area (Å²) in [5.41, 5.74) is 0. The summed E-state index contributed by atoms with van der Waals surface area (Å²) in [6.07, 6.45) is 1.20. The topological polar surface area (TPSA) is 52.6 Å². The van der Waals surface area contributed by atoms with Crippen LogP contribution in [0.2, 0.25) is 0 Å². The van der Waals surface area contributed by atoms with Crippen molar-refractivity contribution in [3.8, 4) is 0 Å². The molecule has 1 rings (SSSR count). The minimum absolute atomic E-state index is 0.206. The summed E-state index contributed by atoms with van der Waals surface area (Å²) in [5, 5.41) is 11.9. The van der Waals surface area contributed by atoms with E-state index in [1.165, 1.54) is 0 Å². The normalized spacial score (nSPS) is 26.6. The van der Waals surface area contributed by atoms with Crippen LogP contribution in [0.4, 0.5) is 0 Å². The van der Waals surface area contributed by atoms with Crippen LogP contribution in [0, 0.1) is 0 Å². The Morgan fingerprint density at radius 2 is 2.42 bits per heavy atom. The van der Waals surface area contributed by atoms with E-state index in [-0.39, 0.29) is 12.5 Å². The highest BCUT2D eigenvalue weighted by Gasteiger charge is 2.19. The Labute approximate surface area is 72.6 Å². The summed E-state index contributed by atoms with van der Waals surface area (Å²) in [6.45, 7) is 2.84. The quantitative estimate of drug-likeness (QED) is 0.603. The molecule has 0 spiro atoms. The first-order valence-corrected chi connectivity index (χ1v) is 4.33. The second-order valence-corrected chi connectivity index (χ2v) is 3.27. The van der Waals surface area contributed by atoms with Crippen molar-refractivity contribution in [3.05, 3.63) is 0 Å². The molecule has 0 aromatic heterocycles. The van der Waals surface area contributed by atoms with Gasteiger partial charge >= 0.3 is 5.97 Å². The molecule has 0 aromatic rings. The van der Waals surface area contributed by atoms with Crippen molar-refractivity contribution in [2.24, 2.45) is 0 Å². The van der Waals surface area contributed by atoms with Gasteiger partial charge in [0.25, 0.3) is 0 Å². The number of hydrogen-bond acceptors (Lipinski definition) is 3. The van der Waals surface area contributed by atoms with Crippen LogP contribution in [0.3, 0.4) is 0 Å². The van der Waals surface area contributed by atoms with Crippen molar-refractivity contribution in [2.75, 3.05) is 26.7 Å². The van der Waals surface area contributed by atoms with E-state index in [1.807, 2.05) is 7.05 Å². The van der Waals surface area contributed by atoms with Gasteiger partial charge in [-0.2, -0.15) is 0 Å². The maximum absolute atomic E-state index is 10.5. The highest BCUT2D eigenvalue weighted by atomic mass is 16.4. The first-order valence-electron chi connectivity index (χ1n) is 4.33. The minimum Gasteiger partial charge on any atom is -0.481 e. The van der Waals surface area contributed by atoms with Gasteiger partial charge in [0, 0.05) is 19.1 Å². The Kier molecular flexibility index (Phi) is 3.49. The van der Waals surface area contributed by atoms with Crippen LogP contribution < -0.4 is 5.32 Å². The number of hydrogen-bond donors (Lipinski definition) is 2. The smallest absolute Gasteiger partial charge is 0.304 e. The molecular formula is C8H16N2O2. The minimum atomic E-state index is -0.700. The highest BCUT2D eigenvalue weighted by molar-refractivity contribution is 5.67. The summed E-state index contributed by atoms with van der Waals surface area (Å²) in [5.74, 6) is -0.700. The van der Waals surface area contributed by atoms with Crippen LogP contribution in [0.25, 0.3) is 0 Å². The lowest BCUT2D eigenvalue weighted by molar-refractivity contribution is -0.138. The van der Waals surface area contributed by atoms with Gasteiger partial charge in [0.15, 0.2) is 0 Å². The predicted molar refractivity (Wildman–Crippen MR) is 46.2 cm³/mol. The zero-order valence-corrected chi connectivity index (χ0v) is 7.42. The van der Waals surface area contributed by atoms with Gasteiger partial charge in [0.2, 0.25) is 0 Å². The maximum Gasteiger partial charge on any atom is 0.304 e. The van der Waals surface area contributed by atoms with Crippen molar-refractivity contribution >= 4 is 5.97 Å². The van der Waals surface area contributed by atoms with Crippen molar-refractivity contribution in [1.29, 1.82) is 0 Å². The summed E-state index contributed by atoms with van der Waals surface area (Å²) in [4.78, 5) is 12.6. The van der Waals surface area contributed by atoms with Crippen molar-refractivity contribution in [3.63, 3.8) is 0 Å². The number of carbonyl (C=O) groups is 1. The Balaban J connectivity index is 2.41. The van der Waals surface area contributed by atoms with Crippen LogP contribution in [0.15, 0.2) is 0 Å². The highest BCUT2D eigenvalue weighted by Crippen LogP contribution is 2.07. The molecule has 1 saturated heterocycles. The molecule has 1 fully saturated rings. The third-order valence-corrected chi connectivity index (χ3v) is 2.33. The largest absolute Gasteiger partial charge is 0.481 e. The second kappa shape index (κ2) is 4.42. The molecule has 70 valence electrons. The van der Waals surface area contributed by atoms with Crippen LogP contribution in [0.1, 0.15) is 12.8 Å². The Bertz CT molecular complexity index is 161. The van der Waals surface area contributed by atoms with Crippen LogP contribution in [-0.2, 0) is 4.79 Å². The third kappa shape index (κ3) is 2.79. The zero-order chi connectivity index (χ0) is 8.97. The van der Waals surface area contributed by atoms with Crippen LogP contribution in [0.5, 0.6) is 0 Å². The van der Waals surface area contributed by atoms with E-state index in [0.29, 0.717) is 0 Å². The lowest BCUT2D eigenvalue weighted by Gasteiger charge is -2.23. The lowest BCUT2D eigenvalue weighted by Crippen LogP contribution is -2.34. The summed E-state index contributed by atoms with van der Waals surface area (Å²) < 4.78 is 0. The first kappa shape index (κ1) is 9.48. The summed E-state index contributed by atoms with van der Waals surface area (Å²) >= 11 is 0. The molecular weight excluding hydrogens is 156 g/mol. The zero-order valence-electron chi connectivity index (χ0n) is 7.42. The number of carboxylic acids is 1.